The number of aromatic nitrogens is 12. The van der Waals surface area contributed by atoms with Gasteiger partial charge >= 0.3 is 22.5 Å². The molecular weight excluding hydrogens is 1670 g/mol. The number of para-hydroxylation sites is 3. The van der Waals surface area contributed by atoms with E-state index in [9.17, 15) is 22.8 Å². The van der Waals surface area contributed by atoms with Crippen LogP contribution in [0.2, 0.25) is 25.1 Å². The molecule has 1 aliphatic heterocycles. The molecular formula is C83H83Cl5N18O11S2. The number of hydrogen-bond acceptors (Lipinski definition) is 18. The molecule has 8 aromatic carbocycles. The lowest BCUT2D eigenvalue weighted by molar-refractivity contribution is 0.101. The number of benzene rings is 8. The van der Waals surface area contributed by atoms with Crippen molar-refractivity contribution in [3.05, 3.63) is 235 Å². The first-order valence-corrected chi connectivity index (χ1v) is 42.0. The van der Waals surface area contributed by atoms with Crippen LogP contribution in [0.1, 0.15) is 113 Å². The SMILES string of the molecule is CCCCCCCCOc1ccc(C)cc1OS(=O)Nc1ccc(OCCOCC)c(OS(=O)Nc2cccc(-c3nnc4c(N5CCCC5)c(C(=O)Nc5c(Cl)cc(Cl)cc5Cl)[nH]n34)c2)c1.COc1ccccc1NC(=O)c1cc2nc(-c3ccc(C)cc3)nn2[nH]1.Cc1ccccc1NC(=O)c1cc2nc(-c3cc(Cl)cc(Cl)c3)nn2[nH]1. The van der Waals surface area contributed by atoms with Crippen LogP contribution in [0.25, 0.3) is 51.1 Å². The highest BCUT2D eigenvalue weighted by Gasteiger charge is 2.30. The summed E-state index contributed by atoms with van der Waals surface area (Å²) in [4.78, 5) is 49.8. The van der Waals surface area contributed by atoms with Gasteiger partial charge in [-0.2, -0.15) is 17.7 Å². The maximum atomic E-state index is 13.9. The number of aromatic amines is 3. The van der Waals surface area contributed by atoms with E-state index in [1.165, 1.54) is 52.3 Å². The van der Waals surface area contributed by atoms with Crippen LogP contribution < -0.4 is 52.9 Å². The fourth-order valence-corrected chi connectivity index (χ4v) is 15.3. The molecule has 7 heterocycles. The maximum absolute atomic E-state index is 13.9. The molecule has 119 heavy (non-hydrogen) atoms. The summed E-state index contributed by atoms with van der Waals surface area (Å²) in [5, 5.41) is 37.0. The molecule has 0 spiro atoms. The van der Waals surface area contributed by atoms with E-state index in [2.05, 4.69) is 82.9 Å². The topological polar surface area (TPSA) is 342 Å². The van der Waals surface area contributed by atoms with Gasteiger partial charge < -0.3 is 48.2 Å². The smallest absolute Gasteiger partial charge is 0.316 e. The van der Waals surface area contributed by atoms with Crippen molar-refractivity contribution in [2.24, 2.45) is 0 Å². The number of aryl methyl sites for hydroxylation is 3. The minimum Gasteiger partial charge on any atom is -0.495 e. The van der Waals surface area contributed by atoms with E-state index in [1.54, 1.807) is 96.6 Å². The lowest BCUT2D eigenvalue weighted by Crippen LogP contribution is -2.22. The van der Waals surface area contributed by atoms with Gasteiger partial charge in [-0.1, -0.05) is 175 Å². The predicted octanol–water partition coefficient (Wildman–Crippen LogP) is 19.0. The molecule has 0 aliphatic carbocycles. The van der Waals surface area contributed by atoms with Crippen LogP contribution in [0.15, 0.2) is 176 Å². The molecule has 1 aliphatic rings. The predicted molar refractivity (Wildman–Crippen MR) is 467 cm³/mol. The maximum Gasteiger partial charge on any atom is 0.316 e. The molecule has 0 radical (unpaired) electrons. The van der Waals surface area contributed by atoms with Gasteiger partial charge in [-0.3, -0.25) is 39.1 Å². The third kappa shape index (κ3) is 22.0. The van der Waals surface area contributed by atoms with Gasteiger partial charge in [0.15, 0.2) is 51.8 Å². The third-order valence-electron chi connectivity index (χ3n) is 18.5. The Morgan fingerprint density at radius 3 is 1.73 bits per heavy atom. The number of carbonyl (C=O) groups excluding carboxylic acids is 3. The summed E-state index contributed by atoms with van der Waals surface area (Å²) in [6.45, 7) is 12.9. The highest BCUT2D eigenvalue weighted by molar-refractivity contribution is 7.82. The minimum absolute atomic E-state index is 0.0889. The summed E-state index contributed by atoms with van der Waals surface area (Å²) in [5.74, 6) is 2.19. The molecule has 1 fully saturated rings. The Morgan fingerprint density at radius 2 is 1.08 bits per heavy atom. The molecule has 14 aromatic rings. The van der Waals surface area contributed by atoms with E-state index >= 15 is 0 Å². The molecule has 2 unspecified atom stereocenters. The van der Waals surface area contributed by atoms with Gasteiger partial charge in [0.05, 0.1) is 53.1 Å². The number of anilines is 6. The number of unbranched alkanes of at least 4 members (excludes halogenated alkanes) is 5. The van der Waals surface area contributed by atoms with Gasteiger partial charge in [-0.05, 0) is 143 Å². The summed E-state index contributed by atoms with van der Waals surface area (Å²) < 4.78 is 71.8. The summed E-state index contributed by atoms with van der Waals surface area (Å²) in [5.41, 5.74) is 10.7. The highest BCUT2D eigenvalue weighted by Crippen LogP contribution is 2.39. The second-order valence-corrected chi connectivity index (χ2v) is 31.1. The Balaban J connectivity index is 0.000000190. The molecule has 36 heteroatoms. The first kappa shape index (κ1) is 85.2. The quantitative estimate of drug-likeness (QED) is 0.0182. The van der Waals surface area contributed by atoms with Crippen LogP contribution in [-0.2, 0) is 27.3 Å². The number of carbonyl (C=O) groups is 3. The van der Waals surface area contributed by atoms with Gasteiger partial charge in [0.2, 0.25) is 5.65 Å². The van der Waals surface area contributed by atoms with Gasteiger partial charge in [0.25, 0.3) is 17.7 Å². The van der Waals surface area contributed by atoms with Crippen LogP contribution in [0, 0.1) is 20.8 Å². The zero-order valence-electron chi connectivity index (χ0n) is 65.3. The van der Waals surface area contributed by atoms with E-state index in [0.717, 1.165) is 67.6 Å². The minimum atomic E-state index is -2.17. The zero-order valence-corrected chi connectivity index (χ0v) is 70.7. The average Bonchev–Trinajstić information content (AvgIpc) is 1.59. The van der Waals surface area contributed by atoms with E-state index in [0.29, 0.717) is 132 Å². The van der Waals surface area contributed by atoms with Gasteiger partial charge in [-0.25, -0.2) is 14.5 Å². The lowest BCUT2D eigenvalue weighted by atomic mass is 10.1. The van der Waals surface area contributed by atoms with Crippen molar-refractivity contribution in [1.29, 1.82) is 0 Å². The molecule has 618 valence electrons. The number of rotatable bonds is 32. The molecule has 8 N–H and O–H groups in total. The first-order valence-electron chi connectivity index (χ1n) is 38.0. The number of fused-ring (bicyclic) bond motifs is 3. The second-order valence-electron chi connectivity index (χ2n) is 27.3. The second kappa shape index (κ2) is 40.2. The van der Waals surface area contributed by atoms with Crippen LogP contribution in [-0.4, -0.2) is 132 Å². The Kier molecular flexibility index (Phi) is 28.8. The number of methoxy groups -OCH3 is 1. The van der Waals surface area contributed by atoms with Crippen molar-refractivity contribution >= 4 is 149 Å². The standard InChI is InChI=1S/C46H53Cl3N8O8S2.C19H17N5O2.C18H13Cl2N5O/c1-4-6-7-8-9-12-22-62-37-18-16-30(3)25-39(37)64-67(60)55-34-17-19-38(63-24-23-61-5-2)40(29-34)65-66(59)54-33-15-13-14-31(26-33)44-51-52-45-43(56-20-10-11-21-56)42(53-57(44)45)46(58)50-41-35(48)27-32(47)28-36(41)49;1-12-7-9-13(10-8-12)18-21-17-11-15(22-24(17)23-18)19(25)20-14-5-3-4-6-16(14)26-2;1-10-4-2-3-5-14(10)21-18(26)15-9-16-22-17(24-25(16)23-15)11-6-12(19)8-13(20)7-11/h13-19,25-29,53-55H,4-12,20-24H2,1-3H3,(H,50,58);3-11,22H,1-2H3,(H,20,25);2-9,23H,1H3,(H,21,26). The monoisotopic (exact) mass is 1750 g/mol. The van der Waals surface area contributed by atoms with Crippen molar-refractivity contribution in [1.82, 2.24) is 59.4 Å². The molecule has 0 saturated carbocycles. The Bertz CT molecular complexity index is 5880. The van der Waals surface area contributed by atoms with Crippen molar-refractivity contribution < 1.29 is 50.1 Å². The Labute approximate surface area is 714 Å². The third-order valence-corrected chi connectivity index (χ3v) is 21.2. The Morgan fingerprint density at radius 1 is 0.504 bits per heavy atom. The highest BCUT2D eigenvalue weighted by atomic mass is 35.5. The van der Waals surface area contributed by atoms with Gasteiger partial charge in [0, 0.05) is 75.3 Å². The van der Waals surface area contributed by atoms with E-state index < -0.39 is 28.4 Å². The van der Waals surface area contributed by atoms with E-state index in [1.807, 2.05) is 100 Å². The largest absolute Gasteiger partial charge is 0.495 e. The number of amides is 3. The molecule has 3 amide bonds. The first-order chi connectivity index (χ1) is 57.6. The molecule has 1 saturated heterocycles. The number of H-pyrrole nitrogens is 3. The molecule has 29 nitrogen and oxygen atoms in total. The molecule has 15 rings (SSSR count). The van der Waals surface area contributed by atoms with Crippen LogP contribution in [0.5, 0.6) is 28.7 Å². The van der Waals surface area contributed by atoms with Crippen LogP contribution in [0.3, 0.4) is 0 Å². The van der Waals surface area contributed by atoms with E-state index in [-0.39, 0.29) is 51.3 Å². The average molecular weight is 1750 g/mol. The fourth-order valence-electron chi connectivity index (χ4n) is 12.6. The van der Waals surface area contributed by atoms with Crippen LogP contribution in [0.4, 0.5) is 34.1 Å². The summed E-state index contributed by atoms with van der Waals surface area (Å²) in [7, 11) is 1.56. The zero-order chi connectivity index (χ0) is 83.6. The van der Waals surface area contributed by atoms with Crippen molar-refractivity contribution in [3.8, 4) is 62.9 Å². The number of halogens is 5. The normalized spacial score (nSPS) is 12.3. The fraction of sp³-hybridized carbons (Fsp3) is 0.241. The molecule has 6 aromatic heterocycles. The van der Waals surface area contributed by atoms with Crippen molar-refractivity contribution in [2.45, 2.75) is 86.0 Å². The molecule has 0 bridgehead atoms. The van der Waals surface area contributed by atoms with E-state index in [4.69, 9.17) is 85.3 Å². The summed E-state index contributed by atoms with van der Waals surface area (Å²) >= 11 is 26.8. The summed E-state index contributed by atoms with van der Waals surface area (Å²) in [6, 6.07) is 51.4. The van der Waals surface area contributed by atoms with Gasteiger partial charge in [0.1, 0.15) is 35.1 Å². The summed E-state index contributed by atoms with van der Waals surface area (Å²) in [6.07, 6.45) is 8.66. The van der Waals surface area contributed by atoms with Crippen LogP contribution >= 0.6 is 58.0 Å². The van der Waals surface area contributed by atoms with Gasteiger partial charge in [-0.15, -0.1) is 20.4 Å². The van der Waals surface area contributed by atoms with Crippen molar-refractivity contribution in [2.75, 3.05) is 76.9 Å². The molecule has 2 atom stereocenters. The Hall–Kier alpha value is -11.7. The number of ether oxygens (including phenoxy) is 4. The number of nitrogens with zero attached hydrogens (tertiary/aromatic N) is 10. The number of hydrogen-bond donors (Lipinski definition) is 8. The number of nitrogens with one attached hydrogen (secondary N) is 8. The van der Waals surface area contributed by atoms with Crippen molar-refractivity contribution in [3.63, 3.8) is 0 Å². The lowest BCUT2D eigenvalue weighted by Gasteiger charge is -2.17.